The van der Waals surface area contributed by atoms with Gasteiger partial charge in [-0.05, 0) is 36.4 Å². The van der Waals surface area contributed by atoms with Crippen LogP contribution in [0.5, 0.6) is 11.5 Å². The highest BCUT2D eigenvalue weighted by molar-refractivity contribution is 9.10. The molecule has 0 saturated heterocycles. The maximum absolute atomic E-state index is 12.4. The minimum absolute atomic E-state index is 0.148. The summed E-state index contributed by atoms with van der Waals surface area (Å²) in [7, 11) is 6.22. The molecule has 0 radical (unpaired) electrons. The second-order valence-corrected chi connectivity index (χ2v) is 7.36. The molecule has 1 amide bonds. The van der Waals surface area contributed by atoms with Crippen LogP contribution in [0.15, 0.2) is 62.6 Å². The predicted molar refractivity (Wildman–Crippen MR) is 112 cm³/mol. The van der Waals surface area contributed by atoms with Crippen LogP contribution in [0, 0.1) is 0 Å². The third kappa shape index (κ3) is 4.90. The van der Waals surface area contributed by atoms with E-state index in [1.807, 2.05) is 24.3 Å². The van der Waals surface area contributed by atoms with Crippen molar-refractivity contribution >= 4 is 39.3 Å². The van der Waals surface area contributed by atoms with Crippen molar-refractivity contribution in [3.63, 3.8) is 0 Å². The molecule has 0 heterocycles. The summed E-state index contributed by atoms with van der Waals surface area (Å²) in [4.78, 5) is 14.8. The van der Waals surface area contributed by atoms with E-state index in [0.717, 1.165) is 21.1 Å². The monoisotopic (exact) mass is 452 g/mol. The van der Waals surface area contributed by atoms with Crippen LogP contribution < -0.4 is 19.7 Å². The zero-order valence-corrected chi connectivity index (χ0v) is 17.8. The highest BCUT2D eigenvalue weighted by Crippen LogP contribution is 2.40. The summed E-state index contributed by atoms with van der Waals surface area (Å²) >= 11 is 4.54. The summed E-state index contributed by atoms with van der Waals surface area (Å²) in [5, 5.41) is 13.5. The molecule has 0 aliphatic heterocycles. The summed E-state index contributed by atoms with van der Waals surface area (Å²) < 4.78 is 11.7. The molecule has 144 valence electrons. The molecule has 2 rings (SSSR count). The first-order valence-electron chi connectivity index (χ1n) is 7.96. The Kier molecular flexibility index (Phi) is 7.44. The molecule has 0 bridgehead atoms. The zero-order valence-electron chi connectivity index (χ0n) is 15.4. The van der Waals surface area contributed by atoms with Gasteiger partial charge in [0.2, 0.25) is 5.88 Å². The van der Waals surface area contributed by atoms with Crippen LogP contribution in [0.1, 0.15) is 0 Å². The van der Waals surface area contributed by atoms with Crippen LogP contribution in [0.3, 0.4) is 0 Å². The van der Waals surface area contributed by atoms with Gasteiger partial charge in [-0.2, -0.15) is 0 Å². The fraction of sp³-hybridized carbons (Fsp3) is 0.211. The normalized spacial score (nSPS) is 11.4. The molecular formula is C19H21BrN2O4S. The van der Waals surface area contributed by atoms with Crippen molar-refractivity contribution < 1.29 is 19.4 Å². The van der Waals surface area contributed by atoms with Gasteiger partial charge >= 0.3 is 0 Å². The number of likely N-dealkylation sites (N-methyl/N-ethyl adjacent to an activating group) is 1. The number of carbonyl (C=O) groups excluding carboxylic acids is 1. The van der Waals surface area contributed by atoms with Crippen LogP contribution in [0.2, 0.25) is 0 Å². The molecule has 0 aliphatic carbocycles. The molecule has 0 fully saturated rings. The molecule has 2 N–H and O–H groups in total. The minimum atomic E-state index is -0.402. The van der Waals surface area contributed by atoms with Crippen LogP contribution in [-0.2, 0) is 4.79 Å². The van der Waals surface area contributed by atoms with Gasteiger partial charge in [0.05, 0.1) is 14.2 Å². The lowest BCUT2D eigenvalue weighted by Gasteiger charge is -2.24. The first kappa shape index (κ1) is 21.0. The van der Waals surface area contributed by atoms with E-state index in [2.05, 4.69) is 21.2 Å². The number of nitrogens with one attached hydrogen (secondary N) is 1. The van der Waals surface area contributed by atoms with Crippen LogP contribution >= 0.6 is 27.7 Å². The van der Waals surface area contributed by atoms with Gasteiger partial charge in [0.1, 0.15) is 22.1 Å². The van der Waals surface area contributed by atoms with Crippen LogP contribution in [0.25, 0.3) is 0 Å². The molecule has 0 unspecified atom stereocenters. The first-order valence-corrected chi connectivity index (χ1v) is 9.57. The maximum atomic E-state index is 12.4. The zero-order chi connectivity index (χ0) is 20.0. The molecule has 8 heteroatoms. The lowest BCUT2D eigenvalue weighted by molar-refractivity contribution is -0.116. The highest BCUT2D eigenvalue weighted by Gasteiger charge is 2.24. The number of benzene rings is 2. The van der Waals surface area contributed by atoms with E-state index in [-0.39, 0.29) is 10.8 Å². The number of anilines is 1. The Morgan fingerprint density at radius 2 is 1.67 bits per heavy atom. The third-order valence-electron chi connectivity index (χ3n) is 3.72. The number of methoxy groups -OCH3 is 2. The van der Waals surface area contributed by atoms with Crippen LogP contribution in [0.4, 0.5) is 5.69 Å². The lowest BCUT2D eigenvalue weighted by Crippen LogP contribution is -2.26. The fourth-order valence-corrected chi connectivity index (χ4v) is 3.54. The molecule has 27 heavy (non-hydrogen) atoms. The number of halogens is 1. The number of rotatable bonds is 7. The second kappa shape index (κ2) is 9.57. The quantitative estimate of drug-likeness (QED) is 0.373. The number of ether oxygens (including phenoxy) is 2. The summed E-state index contributed by atoms with van der Waals surface area (Å²) in [5.74, 6) is 0.396. The number of hydrogen-bond acceptors (Lipinski definition) is 6. The van der Waals surface area contributed by atoms with E-state index in [1.54, 1.807) is 25.2 Å². The molecule has 0 spiro atoms. The number of amides is 1. The topological polar surface area (TPSA) is 71.0 Å². The molecule has 0 aliphatic rings. The number of aliphatic hydroxyl groups excluding tert-OH is 1. The Balaban J connectivity index is 2.51. The van der Waals surface area contributed by atoms with Gasteiger partial charge in [0.25, 0.3) is 5.91 Å². The van der Waals surface area contributed by atoms with Crippen LogP contribution in [-0.4, -0.2) is 39.3 Å². The SMILES string of the molecule is CNC(=O)/C(Sc1ccc(Br)cc1)=C(/O)N(C)c1c(OC)cccc1OC. The number of hydrogen-bond donors (Lipinski definition) is 2. The summed E-state index contributed by atoms with van der Waals surface area (Å²) in [6.07, 6.45) is 0. The summed E-state index contributed by atoms with van der Waals surface area (Å²) in [6.45, 7) is 0. The molecular weight excluding hydrogens is 432 g/mol. The van der Waals surface area contributed by atoms with E-state index >= 15 is 0 Å². The summed E-state index contributed by atoms with van der Waals surface area (Å²) in [5.41, 5.74) is 0.512. The van der Waals surface area contributed by atoms with Crippen molar-refractivity contribution in [2.24, 2.45) is 0 Å². The number of nitrogens with zero attached hydrogens (tertiary/aromatic N) is 1. The number of thioether (sulfide) groups is 1. The number of para-hydroxylation sites is 1. The molecule has 2 aromatic rings. The van der Waals surface area contributed by atoms with E-state index in [0.29, 0.717) is 17.2 Å². The Hall–Kier alpha value is -2.32. The Morgan fingerprint density at radius 3 is 2.15 bits per heavy atom. The highest BCUT2D eigenvalue weighted by atomic mass is 79.9. The van der Waals surface area contributed by atoms with Crippen molar-refractivity contribution in [3.05, 3.63) is 57.7 Å². The van der Waals surface area contributed by atoms with Gasteiger partial charge in [-0.15, -0.1) is 0 Å². The van der Waals surface area contributed by atoms with E-state index in [4.69, 9.17) is 9.47 Å². The van der Waals surface area contributed by atoms with Gasteiger partial charge in [-0.25, -0.2) is 0 Å². The largest absolute Gasteiger partial charge is 0.494 e. The lowest BCUT2D eigenvalue weighted by atomic mass is 10.2. The summed E-state index contributed by atoms with van der Waals surface area (Å²) in [6, 6.07) is 12.7. The van der Waals surface area contributed by atoms with Crippen molar-refractivity contribution in [1.82, 2.24) is 5.32 Å². The fourth-order valence-electron chi connectivity index (χ4n) is 2.35. The molecule has 6 nitrogen and oxygen atoms in total. The Morgan fingerprint density at radius 1 is 1.11 bits per heavy atom. The van der Waals surface area contributed by atoms with Gasteiger partial charge < -0.3 is 24.8 Å². The van der Waals surface area contributed by atoms with E-state index in [9.17, 15) is 9.90 Å². The van der Waals surface area contributed by atoms with Gasteiger partial charge in [-0.1, -0.05) is 33.8 Å². The second-order valence-electron chi connectivity index (χ2n) is 5.36. The Bertz CT molecular complexity index is 818. The van der Waals surface area contributed by atoms with Gasteiger partial charge in [0, 0.05) is 23.5 Å². The van der Waals surface area contributed by atoms with Gasteiger partial charge in [0.15, 0.2) is 0 Å². The minimum Gasteiger partial charge on any atom is -0.494 e. The average molecular weight is 453 g/mol. The smallest absolute Gasteiger partial charge is 0.263 e. The average Bonchev–Trinajstić information content (AvgIpc) is 2.70. The molecule has 0 aromatic heterocycles. The number of carbonyl (C=O) groups is 1. The predicted octanol–water partition coefficient (Wildman–Crippen LogP) is 4.17. The van der Waals surface area contributed by atoms with Crippen molar-refractivity contribution in [1.29, 1.82) is 0 Å². The van der Waals surface area contributed by atoms with Crippen molar-refractivity contribution in [2.45, 2.75) is 4.90 Å². The van der Waals surface area contributed by atoms with E-state index in [1.165, 1.54) is 26.2 Å². The third-order valence-corrected chi connectivity index (χ3v) is 5.33. The van der Waals surface area contributed by atoms with Crippen molar-refractivity contribution in [2.75, 3.05) is 33.2 Å². The molecule has 2 aromatic carbocycles. The maximum Gasteiger partial charge on any atom is 0.263 e. The van der Waals surface area contributed by atoms with E-state index < -0.39 is 5.91 Å². The molecule has 0 saturated carbocycles. The van der Waals surface area contributed by atoms with Crippen molar-refractivity contribution in [3.8, 4) is 11.5 Å². The first-order chi connectivity index (χ1) is 12.9. The number of aliphatic hydroxyl groups is 1. The Labute approximate surface area is 171 Å². The standard InChI is InChI=1S/C19H21BrN2O4S/c1-21-18(23)17(27-13-10-8-12(20)9-11-13)19(24)22(2)16-14(25-3)6-5-7-15(16)26-4/h5-11,24H,1-4H3,(H,21,23)/b19-17-. The van der Waals surface area contributed by atoms with Gasteiger partial charge in [-0.3, -0.25) is 4.79 Å². The molecule has 0 atom stereocenters.